The molecule has 0 aliphatic heterocycles. The Morgan fingerprint density at radius 3 is 2.76 bits per heavy atom. The number of rotatable bonds is 9. The van der Waals surface area contributed by atoms with E-state index in [1.807, 2.05) is 31.9 Å². The van der Waals surface area contributed by atoms with Crippen molar-refractivity contribution >= 4 is 11.6 Å². The Morgan fingerprint density at radius 2 is 2.19 bits per heavy atom. The lowest BCUT2D eigenvalue weighted by molar-refractivity contribution is -0.124. The number of benzene rings is 1. The summed E-state index contributed by atoms with van der Waals surface area (Å²) in [5.41, 5.74) is 5.64. The average Bonchev–Trinajstić information content (AvgIpc) is 2.44. The minimum Gasteiger partial charge on any atom is -0.375 e. The number of halogens is 1. The minimum absolute atomic E-state index is 0.245. The average molecular weight is 295 g/mol. The second kappa shape index (κ2) is 7.98. The van der Waals surface area contributed by atoms with E-state index in [0.29, 0.717) is 6.42 Å². The molecule has 0 saturated carbocycles. The van der Waals surface area contributed by atoms with Crippen molar-refractivity contribution in [1.82, 2.24) is 5.32 Å². The van der Waals surface area contributed by atoms with E-state index in [4.69, 9.17) is 5.73 Å². The Morgan fingerprint density at radius 1 is 1.48 bits per heavy atom. The number of primary amides is 1. The molecule has 0 aromatic heterocycles. The second-order valence-electron chi connectivity index (χ2n) is 5.63. The van der Waals surface area contributed by atoms with Crippen LogP contribution in [0.15, 0.2) is 24.3 Å². The molecule has 0 aliphatic carbocycles. The first-order valence-corrected chi connectivity index (χ1v) is 7.40. The number of nitrogens with two attached hydrogens (primary N) is 1. The highest BCUT2D eigenvalue weighted by Gasteiger charge is 2.29. The van der Waals surface area contributed by atoms with Crippen molar-refractivity contribution < 1.29 is 9.18 Å². The van der Waals surface area contributed by atoms with Crippen molar-refractivity contribution in [2.45, 2.75) is 38.6 Å². The van der Waals surface area contributed by atoms with Crippen LogP contribution in [0.4, 0.5) is 10.1 Å². The summed E-state index contributed by atoms with van der Waals surface area (Å²) in [4.78, 5) is 13.6. The molecule has 1 aromatic rings. The van der Waals surface area contributed by atoms with Gasteiger partial charge in [-0.3, -0.25) is 4.79 Å². The van der Waals surface area contributed by atoms with Gasteiger partial charge >= 0.3 is 0 Å². The molecule has 1 unspecified atom stereocenters. The molecule has 1 aromatic carbocycles. The van der Waals surface area contributed by atoms with Crippen LogP contribution in [0.1, 0.15) is 33.1 Å². The predicted octanol–water partition coefficient (Wildman–Crippen LogP) is 2.29. The molecule has 0 bridgehead atoms. The quantitative estimate of drug-likeness (QED) is 0.735. The highest BCUT2D eigenvalue weighted by Crippen LogP contribution is 2.17. The molecule has 0 radical (unpaired) electrons. The van der Waals surface area contributed by atoms with Crippen LogP contribution in [-0.4, -0.2) is 31.6 Å². The van der Waals surface area contributed by atoms with Crippen LogP contribution in [0.25, 0.3) is 0 Å². The minimum atomic E-state index is -0.682. The van der Waals surface area contributed by atoms with E-state index in [0.717, 1.165) is 31.6 Å². The van der Waals surface area contributed by atoms with E-state index >= 15 is 0 Å². The topological polar surface area (TPSA) is 58.4 Å². The van der Waals surface area contributed by atoms with Gasteiger partial charge in [-0.1, -0.05) is 13.0 Å². The highest BCUT2D eigenvalue weighted by molar-refractivity contribution is 5.84. The molecule has 3 N–H and O–H groups in total. The van der Waals surface area contributed by atoms with Gasteiger partial charge in [0.25, 0.3) is 0 Å². The molecule has 0 fully saturated rings. The van der Waals surface area contributed by atoms with Crippen molar-refractivity contribution in [2.24, 2.45) is 5.73 Å². The molecule has 21 heavy (non-hydrogen) atoms. The third-order valence-electron chi connectivity index (χ3n) is 3.73. The van der Waals surface area contributed by atoms with E-state index in [9.17, 15) is 9.18 Å². The standard InChI is InChI=1S/C16H26FN3O/c1-4-10-19-16(2,15(18)21)9-6-11-20(3)14-8-5-7-13(17)12-14/h5,7-8,12,19H,4,6,9-11H2,1-3H3,(H2,18,21). The zero-order valence-corrected chi connectivity index (χ0v) is 13.2. The van der Waals surface area contributed by atoms with E-state index < -0.39 is 5.54 Å². The number of anilines is 1. The fourth-order valence-corrected chi connectivity index (χ4v) is 2.21. The van der Waals surface area contributed by atoms with Gasteiger partial charge in [0.1, 0.15) is 5.82 Å². The van der Waals surface area contributed by atoms with Gasteiger partial charge in [0.2, 0.25) is 5.91 Å². The SMILES string of the molecule is CCCNC(C)(CCCN(C)c1cccc(F)c1)C(N)=O. The molecule has 0 aliphatic rings. The van der Waals surface area contributed by atoms with Gasteiger partial charge in [0, 0.05) is 19.3 Å². The summed E-state index contributed by atoms with van der Waals surface area (Å²) in [7, 11) is 1.91. The Kier molecular flexibility index (Phi) is 6.62. The first-order valence-electron chi connectivity index (χ1n) is 7.40. The summed E-state index contributed by atoms with van der Waals surface area (Å²) in [5.74, 6) is -0.574. The Balaban J connectivity index is 2.52. The third-order valence-corrected chi connectivity index (χ3v) is 3.73. The van der Waals surface area contributed by atoms with Gasteiger partial charge in [-0.15, -0.1) is 0 Å². The number of hydrogen-bond acceptors (Lipinski definition) is 3. The third kappa shape index (κ3) is 5.34. The van der Waals surface area contributed by atoms with Crippen molar-refractivity contribution in [1.29, 1.82) is 0 Å². The Labute approximate surface area is 126 Å². The maximum atomic E-state index is 13.2. The largest absolute Gasteiger partial charge is 0.375 e. The van der Waals surface area contributed by atoms with Gasteiger partial charge in [-0.05, 0) is 50.9 Å². The lowest BCUT2D eigenvalue weighted by atomic mass is 9.94. The fourth-order valence-electron chi connectivity index (χ4n) is 2.21. The molecular weight excluding hydrogens is 269 g/mol. The molecule has 118 valence electrons. The van der Waals surface area contributed by atoms with E-state index in [-0.39, 0.29) is 11.7 Å². The second-order valence-corrected chi connectivity index (χ2v) is 5.63. The van der Waals surface area contributed by atoms with Crippen molar-refractivity contribution in [3.63, 3.8) is 0 Å². The molecule has 0 spiro atoms. The first-order chi connectivity index (χ1) is 9.89. The van der Waals surface area contributed by atoms with Gasteiger partial charge in [0.15, 0.2) is 0 Å². The van der Waals surface area contributed by atoms with Crippen LogP contribution in [0, 0.1) is 5.82 Å². The molecule has 1 rings (SSSR count). The van der Waals surface area contributed by atoms with Gasteiger partial charge in [-0.2, -0.15) is 0 Å². The predicted molar refractivity (Wildman–Crippen MR) is 84.8 cm³/mol. The zero-order valence-electron chi connectivity index (χ0n) is 13.2. The molecule has 1 amide bonds. The highest BCUT2D eigenvalue weighted by atomic mass is 19.1. The lowest BCUT2D eigenvalue weighted by Crippen LogP contribution is -2.53. The molecule has 0 heterocycles. The van der Waals surface area contributed by atoms with Crippen LogP contribution < -0.4 is 16.0 Å². The van der Waals surface area contributed by atoms with Crippen LogP contribution in [0.2, 0.25) is 0 Å². The lowest BCUT2D eigenvalue weighted by Gasteiger charge is -2.29. The molecule has 5 heteroatoms. The normalized spacial score (nSPS) is 13.7. The Hall–Kier alpha value is -1.62. The van der Waals surface area contributed by atoms with Gasteiger partial charge in [0.05, 0.1) is 5.54 Å². The summed E-state index contributed by atoms with van der Waals surface area (Å²) >= 11 is 0. The maximum absolute atomic E-state index is 13.2. The van der Waals surface area contributed by atoms with Crippen molar-refractivity contribution in [3.8, 4) is 0 Å². The van der Waals surface area contributed by atoms with Crippen LogP contribution in [-0.2, 0) is 4.79 Å². The molecule has 0 saturated heterocycles. The number of carbonyl (C=O) groups is 1. The number of amides is 1. The summed E-state index contributed by atoms with van der Waals surface area (Å²) in [6.07, 6.45) is 2.40. The first kappa shape index (κ1) is 17.4. The van der Waals surface area contributed by atoms with E-state index in [2.05, 4.69) is 5.32 Å². The van der Waals surface area contributed by atoms with Gasteiger partial charge in [-0.25, -0.2) is 4.39 Å². The van der Waals surface area contributed by atoms with E-state index in [1.165, 1.54) is 12.1 Å². The monoisotopic (exact) mass is 295 g/mol. The van der Waals surface area contributed by atoms with Crippen molar-refractivity contribution in [2.75, 3.05) is 25.0 Å². The number of hydrogen-bond donors (Lipinski definition) is 2. The fraction of sp³-hybridized carbons (Fsp3) is 0.562. The summed E-state index contributed by atoms with van der Waals surface area (Å²) in [5, 5.41) is 3.21. The summed E-state index contributed by atoms with van der Waals surface area (Å²) in [6, 6.07) is 6.49. The van der Waals surface area contributed by atoms with Gasteiger partial charge < -0.3 is 16.0 Å². The Bertz CT molecular complexity index is 467. The maximum Gasteiger partial charge on any atom is 0.237 e. The van der Waals surface area contributed by atoms with Crippen LogP contribution in [0.5, 0.6) is 0 Å². The smallest absolute Gasteiger partial charge is 0.237 e. The number of nitrogens with zero attached hydrogens (tertiary/aromatic N) is 1. The van der Waals surface area contributed by atoms with Crippen molar-refractivity contribution in [3.05, 3.63) is 30.1 Å². The number of nitrogens with one attached hydrogen (secondary N) is 1. The van der Waals surface area contributed by atoms with E-state index in [1.54, 1.807) is 6.07 Å². The molecule has 4 nitrogen and oxygen atoms in total. The molecular formula is C16H26FN3O. The van der Waals surface area contributed by atoms with Crippen LogP contribution in [0.3, 0.4) is 0 Å². The molecule has 1 atom stereocenters. The summed E-state index contributed by atoms with van der Waals surface area (Å²) in [6.45, 7) is 5.39. The summed E-state index contributed by atoms with van der Waals surface area (Å²) < 4.78 is 13.2. The zero-order chi connectivity index (χ0) is 15.9. The number of carbonyl (C=O) groups excluding carboxylic acids is 1. The van der Waals surface area contributed by atoms with Crippen LogP contribution >= 0.6 is 0 Å².